The molecule has 0 radical (unpaired) electrons. The molecule has 3 N–H and O–H groups in total. The van der Waals surface area contributed by atoms with Crippen molar-refractivity contribution in [2.75, 3.05) is 11.1 Å². The van der Waals surface area contributed by atoms with Crippen LogP contribution in [0, 0.1) is 6.92 Å². The predicted molar refractivity (Wildman–Crippen MR) is 80.3 cm³/mol. The highest BCUT2D eigenvalue weighted by atomic mass is 32.1. The molecular weight excluding hydrogens is 256 g/mol. The Morgan fingerprint density at radius 3 is 2.95 bits per heavy atom. The number of thiazole rings is 1. The van der Waals surface area contributed by atoms with Gasteiger partial charge in [-0.05, 0) is 36.8 Å². The van der Waals surface area contributed by atoms with Gasteiger partial charge in [-0.15, -0.1) is 0 Å². The highest BCUT2D eigenvalue weighted by molar-refractivity contribution is 7.22. The number of nitrogens with one attached hydrogen (secondary N) is 1. The Hall–Kier alpha value is -2.14. The van der Waals surface area contributed by atoms with E-state index in [1.54, 1.807) is 11.3 Å². The highest BCUT2D eigenvalue weighted by Crippen LogP contribution is 2.27. The molecule has 2 aromatic heterocycles. The van der Waals surface area contributed by atoms with Crippen LogP contribution in [0.1, 0.15) is 11.3 Å². The van der Waals surface area contributed by atoms with Gasteiger partial charge in [0, 0.05) is 24.1 Å². The number of fused-ring (bicyclic) bond motifs is 1. The molecule has 5 heteroatoms. The van der Waals surface area contributed by atoms with Crippen LogP contribution in [0.15, 0.2) is 36.5 Å². The van der Waals surface area contributed by atoms with E-state index in [-0.39, 0.29) is 0 Å². The van der Waals surface area contributed by atoms with Crippen LogP contribution in [0.3, 0.4) is 0 Å². The Kier molecular flexibility index (Phi) is 3.05. The molecule has 0 aliphatic rings. The van der Waals surface area contributed by atoms with Crippen LogP contribution in [-0.4, -0.2) is 9.97 Å². The maximum atomic E-state index is 5.76. The summed E-state index contributed by atoms with van der Waals surface area (Å²) >= 11 is 1.61. The summed E-state index contributed by atoms with van der Waals surface area (Å²) in [4.78, 5) is 8.79. The van der Waals surface area contributed by atoms with Gasteiger partial charge >= 0.3 is 0 Å². The molecule has 0 fully saturated rings. The molecule has 0 saturated carbocycles. The molecule has 0 atom stereocenters. The van der Waals surface area contributed by atoms with Crippen molar-refractivity contribution in [2.45, 2.75) is 13.5 Å². The first-order chi connectivity index (χ1) is 9.20. The standard InChI is InChI=1S/C14H14N4S/c1-9-2-3-10(7-16-9)8-17-14-18-12-5-4-11(15)6-13(12)19-14/h2-7H,8,15H2,1H3,(H,17,18). The number of hydrogen-bond donors (Lipinski definition) is 2. The van der Waals surface area contributed by atoms with E-state index in [2.05, 4.69) is 21.4 Å². The van der Waals surface area contributed by atoms with Crippen LogP contribution in [-0.2, 0) is 6.54 Å². The fraction of sp³-hybridized carbons (Fsp3) is 0.143. The number of pyridine rings is 1. The van der Waals surface area contributed by atoms with E-state index >= 15 is 0 Å². The van der Waals surface area contributed by atoms with E-state index in [1.165, 1.54) is 0 Å². The number of aromatic nitrogens is 2. The summed E-state index contributed by atoms with van der Waals surface area (Å²) in [6, 6.07) is 9.85. The summed E-state index contributed by atoms with van der Waals surface area (Å²) in [5.74, 6) is 0. The monoisotopic (exact) mass is 270 g/mol. The molecule has 0 amide bonds. The van der Waals surface area contributed by atoms with Crippen molar-refractivity contribution in [3.05, 3.63) is 47.8 Å². The van der Waals surface area contributed by atoms with Gasteiger partial charge in [0.15, 0.2) is 5.13 Å². The van der Waals surface area contributed by atoms with Crippen molar-refractivity contribution in [1.29, 1.82) is 0 Å². The summed E-state index contributed by atoms with van der Waals surface area (Å²) in [5, 5.41) is 4.22. The smallest absolute Gasteiger partial charge is 0.184 e. The molecule has 0 aliphatic carbocycles. The Morgan fingerprint density at radius 1 is 1.26 bits per heavy atom. The predicted octanol–water partition coefficient (Wildman–Crippen LogP) is 3.19. The number of hydrogen-bond acceptors (Lipinski definition) is 5. The molecule has 1 aromatic carbocycles. The number of benzene rings is 1. The Balaban J connectivity index is 1.76. The lowest BCUT2D eigenvalue weighted by Crippen LogP contribution is -1.99. The summed E-state index contributed by atoms with van der Waals surface area (Å²) in [6.07, 6.45) is 1.88. The van der Waals surface area contributed by atoms with Gasteiger partial charge < -0.3 is 11.1 Å². The number of anilines is 2. The first-order valence-corrected chi connectivity index (χ1v) is 6.84. The van der Waals surface area contributed by atoms with Gasteiger partial charge in [-0.2, -0.15) is 0 Å². The quantitative estimate of drug-likeness (QED) is 0.717. The lowest BCUT2D eigenvalue weighted by Gasteiger charge is -2.02. The topological polar surface area (TPSA) is 63.8 Å². The SMILES string of the molecule is Cc1ccc(CNc2nc3ccc(N)cc3s2)cn1. The average Bonchev–Trinajstić information content (AvgIpc) is 2.80. The van der Waals surface area contributed by atoms with Gasteiger partial charge in [-0.25, -0.2) is 4.98 Å². The minimum Gasteiger partial charge on any atom is -0.399 e. The molecule has 0 bridgehead atoms. The van der Waals surface area contributed by atoms with Crippen LogP contribution >= 0.6 is 11.3 Å². The minimum atomic E-state index is 0.725. The Morgan fingerprint density at radius 2 is 2.16 bits per heavy atom. The van der Waals surface area contributed by atoms with Crippen LogP contribution in [0.5, 0.6) is 0 Å². The van der Waals surface area contributed by atoms with Gasteiger partial charge in [0.2, 0.25) is 0 Å². The van der Waals surface area contributed by atoms with Crippen LogP contribution in [0.4, 0.5) is 10.8 Å². The van der Waals surface area contributed by atoms with Crippen molar-refractivity contribution in [3.63, 3.8) is 0 Å². The molecule has 96 valence electrons. The van der Waals surface area contributed by atoms with E-state index in [9.17, 15) is 0 Å². The van der Waals surface area contributed by atoms with E-state index < -0.39 is 0 Å². The number of nitrogens with zero attached hydrogens (tertiary/aromatic N) is 2. The van der Waals surface area contributed by atoms with Crippen LogP contribution in [0.25, 0.3) is 10.2 Å². The molecule has 0 saturated heterocycles. The second-order valence-corrected chi connectivity index (χ2v) is 5.44. The van der Waals surface area contributed by atoms with Crippen molar-refractivity contribution >= 4 is 32.4 Å². The first kappa shape index (κ1) is 11.9. The molecule has 0 spiro atoms. The maximum absolute atomic E-state index is 5.76. The normalized spacial score (nSPS) is 10.8. The lowest BCUT2D eigenvalue weighted by atomic mass is 10.2. The van der Waals surface area contributed by atoms with Gasteiger partial charge in [0.05, 0.1) is 10.2 Å². The van der Waals surface area contributed by atoms with Gasteiger partial charge in [0.25, 0.3) is 0 Å². The zero-order valence-electron chi connectivity index (χ0n) is 10.6. The Labute approximate surface area is 115 Å². The second kappa shape index (κ2) is 4.85. The summed E-state index contributed by atoms with van der Waals surface area (Å²) in [5.41, 5.74) is 9.68. The van der Waals surface area contributed by atoms with E-state index in [0.29, 0.717) is 0 Å². The molecular formula is C14H14N4S. The van der Waals surface area contributed by atoms with Gasteiger partial charge in [-0.3, -0.25) is 4.98 Å². The lowest BCUT2D eigenvalue weighted by molar-refractivity contribution is 1.08. The number of nitrogens with two attached hydrogens (primary N) is 1. The molecule has 3 rings (SSSR count). The first-order valence-electron chi connectivity index (χ1n) is 6.02. The van der Waals surface area contributed by atoms with Crippen molar-refractivity contribution in [1.82, 2.24) is 9.97 Å². The van der Waals surface area contributed by atoms with E-state index in [0.717, 1.165) is 38.8 Å². The largest absolute Gasteiger partial charge is 0.399 e. The van der Waals surface area contributed by atoms with E-state index in [4.69, 9.17) is 5.73 Å². The molecule has 2 heterocycles. The van der Waals surface area contributed by atoms with E-state index in [1.807, 2.05) is 37.4 Å². The maximum Gasteiger partial charge on any atom is 0.184 e. The fourth-order valence-corrected chi connectivity index (χ4v) is 2.71. The van der Waals surface area contributed by atoms with Crippen molar-refractivity contribution in [3.8, 4) is 0 Å². The van der Waals surface area contributed by atoms with Gasteiger partial charge in [-0.1, -0.05) is 17.4 Å². The summed E-state index contributed by atoms with van der Waals surface area (Å²) in [6.45, 7) is 2.71. The number of nitrogen functional groups attached to an aromatic ring is 1. The third-order valence-electron chi connectivity index (χ3n) is 2.83. The fourth-order valence-electron chi connectivity index (χ4n) is 1.80. The second-order valence-electron chi connectivity index (χ2n) is 4.41. The van der Waals surface area contributed by atoms with Crippen LogP contribution < -0.4 is 11.1 Å². The zero-order valence-corrected chi connectivity index (χ0v) is 11.4. The molecule has 4 nitrogen and oxygen atoms in total. The molecule has 0 aliphatic heterocycles. The molecule has 3 aromatic rings. The molecule has 0 unspecified atom stereocenters. The third kappa shape index (κ3) is 2.66. The van der Waals surface area contributed by atoms with Crippen molar-refractivity contribution < 1.29 is 0 Å². The minimum absolute atomic E-state index is 0.725. The zero-order chi connectivity index (χ0) is 13.2. The number of rotatable bonds is 3. The van der Waals surface area contributed by atoms with Crippen LogP contribution in [0.2, 0.25) is 0 Å². The summed E-state index contributed by atoms with van der Waals surface area (Å²) < 4.78 is 1.10. The van der Waals surface area contributed by atoms with Gasteiger partial charge in [0.1, 0.15) is 0 Å². The number of aryl methyl sites for hydroxylation is 1. The highest BCUT2D eigenvalue weighted by Gasteiger charge is 2.03. The average molecular weight is 270 g/mol. The Bertz CT molecular complexity index is 703. The van der Waals surface area contributed by atoms with Crippen molar-refractivity contribution in [2.24, 2.45) is 0 Å². The summed E-state index contributed by atoms with van der Waals surface area (Å²) in [7, 11) is 0. The molecule has 19 heavy (non-hydrogen) atoms. The third-order valence-corrected chi connectivity index (χ3v) is 3.80.